The molecule has 0 aliphatic heterocycles. The van der Waals surface area contributed by atoms with E-state index in [1.54, 1.807) is 0 Å². The van der Waals surface area contributed by atoms with Gasteiger partial charge < -0.3 is 9.47 Å². The summed E-state index contributed by atoms with van der Waals surface area (Å²) in [5.74, 6) is 5.77. The maximum absolute atomic E-state index is 6.14. The second-order valence-electron chi connectivity index (χ2n) is 12.9. The molecule has 0 aromatic heterocycles. The van der Waals surface area contributed by atoms with Gasteiger partial charge in [0.2, 0.25) is 0 Å². The van der Waals surface area contributed by atoms with Crippen LogP contribution in [-0.4, -0.2) is 13.2 Å². The quantitative estimate of drug-likeness (QED) is 0.184. The van der Waals surface area contributed by atoms with Gasteiger partial charge >= 0.3 is 0 Å². The van der Waals surface area contributed by atoms with Crippen molar-refractivity contribution in [1.29, 1.82) is 0 Å². The Kier molecular flexibility index (Phi) is 13.8. The van der Waals surface area contributed by atoms with Gasteiger partial charge in [0.25, 0.3) is 0 Å². The van der Waals surface area contributed by atoms with E-state index >= 15 is 0 Å². The molecule has 2 nitrogen and oxygen atoms in total. The fraction of sp³-hybridized carbons (Fsp3) is 0.684. The minimum absolute atomic E-state index is 0.834. The molecule has 0 spiro atoms. The zero-order valence-electron chi connectivity index (χ0n) is 25.9. The van der Waals surface area contributed by atoms with Gasteiger partial charge in [-0.1, -0.05) is 128 Å². The predicted octanol–water partition coefficient (Wildman–Crippen LogP) is 11.7. The first-order valence-electron chi connectivity index (χ1n) is 17.2. The lowest BCUT2D eigenvalue weighted by molar-refractivity contribution is 0.190. The van der Waals surface area contributed by atoms with E-state index in [-0.39, 0.29) is 0 Å². The summed E-state index contributed by atoms with van der Waals surface area (Å²) in [4.78, 5) is 0. The molecule has 2 aliphatic carbocycles. The van der Waals surface area contributed by atoms with Gasteiger partial charge in [-0.2, -0.15) is 0 Å². The Bertz CT molecular complexity index is 916. The highest BCUT2D eigenvalue weighted by Gasteiger charge is 2.25. The van der Waals surface area contributed by atoms with Gasteiger partial charge in [0.1, 0.15) is 11.5 Å². The van der Waals surface area contributed by atoms with E-state index in [4.69, 9.17) is 9.47 Å². The van der Waals surface area contributed by atoms with Crippen LogP contribution in [-0.2, 0) is 0 Å². The summed E-state index contributed by atoms with van der Waals surface area (Å²) in [5, 5.41) is 0. The molecule has 222 valence electrons. The molecular formula is C38H58O2. The molecule has 2 aliphatic rings. The standard InChI is InChI=1S/C38H58O2/c1-3-5-6-14-32-16-9-10-18-34(32)20-12-30-40-38-27-23-36(24-28-38)35-21-25-37(26-22-35)39-29-11-19-33-17-8-7-15-31(33)13-4-2/h21-28,31-34H,3-20,29-30H2,1-2H3. The first-order valence-corrected chi connectivity index (χ1v) is 17.2. The highest BCUT2D eigenvalue weighted by atomic mass is 16.5. The third-order valence-electron chi connectivity index (χ3n) is 9.99. The lowest BCUT2D eigenvalue weighted by atomic mass is 9.74. The molecule has 0 radical (unpaired) electrons. The van der Waals surface area contributed by atoms with Crippen molar-refractivity contribution in [2.24, 2.45) is 23.7 Å². The van der Waals surface area contributed by atoms with Gasteiger partial charge in [0.15, 0.2) is 0 Å². The van der Waals surface area contributed by atoms with E-state index in [1.165, 1.54) is 127 Å². The van der Waals surface area contributed by atoms with Gasteiger partial charge in [-0.05, 0) is 84.7 Å². The summed E-state index contributed by atoms with van der Waals surface area (Å²) in [6.45, 7) is 6.32. The summed E-state index contributed by atoms with van der Waals surface area (Å²) in [7, 11) is 0. The van der Waals surface area contributed by atoms with Crippen LogP contribution in [0.1, 0.15) is 129 Å². The maximum Gasteiger partial charge on any atom is 0.119 e. The van der Waals surface area contributed by atoms with Gasteiger partial charge in [-0.25, -0.2) is 0 Å². The van der Waals surface area contributed by atoms with Crippen molar-refractivity contribution in [3.05, 3.63) is 48.5 Å². The molecular weight excluding hydrogens is 488 g/mol. The van der Waals surface area contributed by atoms with Crippen LogP contribution in [0.4, 0.5) is 0 Å². The Morgan fingerprint density at radius 2 is 0.875 bits per heavy atom. The lowest BCUT2D eigenvalue weighted by Crippen LogP contribution is -2.20. The summed E-state index contributed by atoms with van der Waals surface area (Å²) in [6.07, 6.45) is 24.9. The average molecular weight is 547 g/mol. The fourth-order valence-corrected chi connectivity index (χ4v) is 7.67. The van der Waals surface area contributed by atoms with Crippen molar-refractivity contribution < 1.29 is 9.47 Å². The first kappa shape index (κ1) is 31.0. The lowest BCUT2D eigenvalue weighted by Gasteiger charge is -2.31. The smallest absolute Gasteiger partial charge is 0.119 e. The molecule has 40 heavy (non-hydrogen) atoms. The van der Waals surface area contributed by atoms with Gasteiger partial charge in [0, 0.05) is 0 Å². The highest BCUT2D eigenvalue weighted by Crippen LogP contribution is 2.37. The minimum atomic E-state index is 0.834. The van der Waals surface area contributed by atoms with Crippen molar-refractivity contribution in [2.45, 2.75) is 129 Å². The third kappa shape index (κ3) is 10.1. The number of hydrogen-bond donors (Lipinski definition) is 0. The van der Waals surface area contributed by atoms with Crippen LogP contribution in [0, 0.1) is 23.7 Å². The number of unbranched alkanes of at least 4 members (excludes halogenated alkanes) is 2. The molecule has 4 unspecified atom stereocenters. The van der Waals surface area contributed by atoms with Crippen LogP contribution in [0.25, 0.3) is 11.1 Å². The van der Waals surface area contributed by atoms with Crippen molar-refractivity contribution >= 4 is 0 Å². The summed E-state index contributed by atoms with van der Waals surface area (Å²) in [5.41, 5.74) is 2.46. The van der Waals surface area contributed by atoms with Crippen LogP contribution >= 0.6 is 0 Å². The zero-order chi connectivity index (χ0) is 27.8. The monoisotopic (exact) mass is 546 g/mol. The van der Waals surface area contributed by atoms with E-state index in [0.29, 0.717) is 0 Å². The van der Waals surface area contributed by atoms with Crippen LogP contribution in [0.15, 0.2) is 48.5 Å². The predicted molar refractivity (Wildman–Crippen MR) is 171 cm³/mol. The SMILES string of the molecule is CCCCCC1CCCCC1CCCOc1ccc(-c2ccc(OCCCC3CCCCC3CCC)cc2)cc1. The average Bonchev–Trinajstić information content (AvgIpc) is 3.00. The van der Waals surface area contributed by atoms with Crippen LogP contribution in [0.2, 0.25) is 0 Å². The summed E-state index contributed by atoms with van der Waals surface area (Å²) in [6, 6.07) is 17.3. The summed E-state index contributed by atoms with van der Waals surface area (Å²) < 4.78 is 12.3. The van der Waals surface area contributed by atoms with Crippen molar-refractivity contribution in [2.75, 3.05) is 13.2 Å². The van der Waals surface area contributed by atoms with E-state index in [0.717, 1.165) is 48.4 Å². The summed E-state index contributed by atoms with van der Waals surface area (Å²) >= 11 is 0. The molecule has 2 saturated carbocycles. The molecule has 0 heterocycles. The second-order valence-corrected chi connectivity index (χ2v) is 12.9. The van der Waals surface area contributed by atoms with E-state index in [2.05, 4.69) is 62.4 Å². The van der Waals surface area contributed by atoms with Crippen molar-refractivity contribution in [1.82, 2.24) is 0 Å². The Labute approximate surface area is 246 Å². The van der Waals surface area contributed by atoms with E-state index in [1.807, 2.05) is 0 Å². The Morgan fingerprint density at radius 1 is 0.475 bits per heavy atom. The Morgan fingerprint density at radius 3 is 1.27 bits per heavy atom. The third-order valence-corrected chi connectivity index (χ3v) is 9.99. The number of benzene rings is 2. The molecule has 2 fully saturated rings. The number of ether oxygens (including phenoxy) is 2. The Balaban J connectivity index is 1.14. The van der Waals surface area contributed by atoms with Crippen LogP contribution in [0.5, 0.6) is 11.5 Å². The number of rotatable bonds is 17. The van der Waals surface area contributed by atoms with Crippen LogP contribution in [0.3, 0.4) is 0 Å². The Hall–Kier alpha value is -1.96. The first-order chi connectivity index (χ1) is 19.8. The molecule has 2 heteroatoms. The molecule has 2 aromatic rings. The zero-order valence-corrected chi connectivity index (χ0v) is 25.9. The molecule has 4 atom stereocenters. The van der Waals surface area contributed by atoms with E-state index < -0.39 is 0 Å². The van der Waals surface area contributed by atoms with Gasteiger partial charge in [-0.3, -0.25) is 0 Å². The highest BCUT2D eigenvalue weighted by molar-refractivity contribution is 5.64. The van der Waals surface area contributed by atoms with Crippen molar-refractivity contribution in [3.63, 3.8) is 0 Å². The van der Waals surface area contributed by atoms with Gasteiger partial charge in [0.05, 0.1) is 13.2 Å². The molecule has 0 saturated heterocycles. The van der Waals surface area contributed by atoms with Crippen molar-refractivity contribution in [3.8, 4) is 22.6 Å². The topological polar surface area (TPSA) is 18.5 Å². The minimum Gasteiger partial charge on any atom is -0.494 e. The molecule has 4 rings (SSSR count). The molecule has 0 N–H and O–H groups in total. The largest absolute Gasteiger partial charge is 0.494 e. The number of hydrogen-bond acceptors (Lipinski definition) is 2. The maximum atomic E-state index is 6.14. The second kappa shape index (κ2) is 17.8. The van der Waals surface area contributed by atoms with E-state index in [9.17, 15) is 0 Å². The molecule has 0 bridgehead atoms. The molecule has 0 amide bonds. The van der Waals surface area contributed by atoms with Crippen LogP contribution < -0.4 is 9.47 Å². The fourth-order valence-electron chi connectivity index (χ4n) is 7.67. The van der Waals surface area contributed by atoms with Gasteiger partial charge in [-0.15, -0.1) is 0 Å². The normalized spacial score (nSPS) is 23.1. The molecule has 2 aromatic carbocycles.